The van der Waals surface area contributed by atoms with Crippen LogP contribution < -0.4 is 10.1 Å². The molecule has 0 fully saturated rings. The summed E-state index contributed by atoms with van der Waals surface area (Å²) >= 11 is 3.46. The number of aryl methyl sites for hydroxylation is 1. The Bertz CT molecular complexity index is 722. The van der Waals surface area contributed by atoms with Crippen LogP contribution in [0.25, 0.3) is 0 Å². The fourth-order valence-corrected chi connectivity index (χ4v) is 2.78. The smallest absolute Gasteiger partial charge is 0.241 e. The van der Waals surface area contributed by atoms with Crippen molar-refractivity contribution in [3.63, 3.8) is 0 Å². The molecule has 0 radical (unpaired) electrons. The molecule has 0 aromatic heterocycles. The number of nitrogens with one attached hydrogen (secondary N) is 1. The highest BCUT2D eigenvalue weighted by atomic mass is 79.9. The monoisotopic (exact) mass is 408 g/mol. The van der Waals surface area contributed by atoms with Gasteiger partial charge in [0.25, 0.3) is 0 Å². The van der Waals surface area contributed by atoms with E-state index in [1.165, 1.54) is 12.1 Å². The van der Waals surface area contributed by atoms with Crippen LogP contribution in [0.15, 0.2) is 46.9 Å². The number of carbonyl (C=O) groups excluding carboxylic acids is 1. The molecule has 25 heavy (non-hydrogen) atoms. The van der Waals surface area contributed by atoms with Crippen LogP contribution in [0, 0.1) is 12.7 Å². The Balaban J connectivity index is 1.82. The Hall–Kier alpha value is -1.92. The first-order valence-electron chi connectivity index (χ1n) is 8.02. The zero-order valence-corrected chi connectivity index (χ0v) is 16.1. The Morgan fingerprint density at radius 3 is 2.60 bits per heavy atom. The average molecular weight is 409 g/mol. The zero-order chi connectivity index (χ0) is 18.4. The quantitative estimate of drug-likeness (QED) is 0.744. The van der Waals surface area contributed by atoms with E-state index >= 15 is 0 Å². The first kappa shape index (κ1) is 19.4. The van der Waals surface area contributed by atoms with Gasteiger partial charge in [-0.2, -0.15) is 0 Å². The van der Waals surface area contributed by atoms with Gasteiger partial charge in [0.2, 0.25) is 5.91 Å². The van der Waals surface area contributed by atoms with Crippen molar-refractivity contribution in [2.75, 3.05) is 25.5 Å². The second-order valence-corrected chi connectivity index (χ2v) is 6.79. The standard InChI is InChI=1S/C19H22BrFN2O2/c1-13-4-9-18(17(20)12-13)22-19(24)14(2)23(3)10-11-25-16-7-5-15(21)6-8-16/h4-9,12,14H,10-11H2,1-3H3,(H,22,24). The maximum atomic E-state index is 12.8. The number of nitrogens with zero attached hydrogens (tertiary/aromatic N) is 1. The van der Waals surface area contributed by atoms with E-state index in [4.69, 9.17) is 4.74 Å². The van der Waals surface area contributed by atoms with Gasteiger partial charge < -0.3 is 10.1 Å². The molecule has 134 valence electrons. The lowest BCUT2D eigenvalue weighted by Gasteiger charge is -2.24. The van der Waals surface area contributed by atoms with Gasteiger partial charge in [0.1, 0.15) is 18.2 Å². The second kappa shape index (κ2) is 8.97. The number of likely N-dealkylation sites (N-methyl/N-ethyl adjacent to an activating group) is 1. The Kier molecular flexibility index (Phi) is 6.96. The third-order valence-electron chi connectivity index (χ3n) is 3.95. The Labute approximate surface area is 156 Å². The topological polar surface area (TPSA) is 41.6 Å². The fraction of sp³-hybridized carbons (Fsp3) is 0.316. The molecule has 0 saturated heterocycles. The molecule has 1 amide bonds. The van der Waals surface area contributed by atoms with Crippen molar-refractivity contribution < 1.29 is 13.9 Å². The summed E-state index contributed by atoms with van der Waals surface area (Å²) in [5, 5.41) is 2.92. The summed E-state index contributed by atoms with van der Waals surface area (Å²) in [5.41, 5.74) is 1.87. The Morgan fingerprint density at radius 2 is 1.96 bits per heavy atom. The summed E-state index contributed by atoms with van der Waals surface area (Å²) < 4.78 is 19.3. The Morgan fingerprint density at radius 1 is 1.28 bits per heavy atom. The van der Waals surface area contributed by atoms with Crippen molar-refractivity contribution in [2.24, 2.45) is 0 Å². The van der Waals surface area contributed by atoms with Gasteiger partial charge >= 0.3 is 0 Å². The predicted molar refractivity (Wildman–Crippen MR) is 101 cm³/mol. The van der Waals surface area contributed by atoms with E-state index in [9.17, 15) is 9.18 Å². The molecule has 4 nitrogen and oxygen atoms in total. The number of anilines is 1. The number of amides is 1. The molecule has 1 unspecified atom stereocenters. The molecule has 0 saturated carbocycles. The molecule has 0 heterocycles. The summed E-state index contributed by atoms with van der Waals surface area (Å²) in [7, 11) is 1.86. The third-order valence-corrected chi connectivity index (χ3v) is 4.61. The van der Waals surface area contributed by atoms with E-state index in [1.807, 2.05) is 44.0 Å². The molecule has 6 heteroatoms. The molecule has 1 atom stereocenters. The molecule has 0 aliphatic carbocycles. The fourth-order valence-electron chi connectivity index (χ4n) is 2.19. The summed E-state index contributed by atoms with van der Waals surface area (Å²) in [5.74, 6) is 0.223. The molecule has 0 bridgehead atoms. The first-order chi connectivity index (χ1) is 11.9. The van der Waals surface area contributed by atoms with E-state index in [0.29, 0.717) is 18.9 Å². The number of hydrogen-bond donors (Lipinski definition) is 1. The molecule has 2 rings (SSSR count). The van der Waals surface area contributed by atoms with Crippen LogP contribution in [-0.4, -0.2) is 37.0 Å². The minimum atomic E-state index is -0.315. The van der Waals surface area contributed by atoms with Crippen molar-refractivity contribution in [3.8, 4) is 5.75 Å². The minimum Gasteiger partial charge on any atom is -0.492 e. The van der Waals surface area contributed by atoms with E-state index in [2.05, 4.69) is 21.2 Å². The maximum absolute atomic E-state index is 12.8. The van der Waals surface area contributed by atoms with Crippen LogP contribution in [0.3, 0.4) is 0 Å². The summed E-state index contributed by atoms with van der Waals surface area (Å²) in [6, 6.07) is 11.3. The number of hydrogen-bond acceptors (Lipinski definition) is 3. The van der Waals surface area contributed by atoms with E-state index in [0.717, 1.165) is 15.7 Å². The molecular formula is C19H22BrFN2O2. The van der Waals surface area contributed by atoms with Crippen LogP contribution in [0.1, 0.15) is 12.5 Å². The van der Waals surface area contributed by atoms with Crippen molar-refractivity contribution in [3.05, 3.63) is 58.3 Å². The van der Waals surface area contributed by atoms with Gasteiger partial charge in [-0.15, -0.1) is 0 Å². The largest absolute Gasteiger partial charge is 0.492 e. The highest BCUT2D eigenvalue weighted by Gasteiger charge is 2.18. The number of benzene rings is 2. The van der Waals surface area contributed by atoms with Gasteiger partial charge in [0.05, 0.1) is 11.7 Å². The molecular weight excluding hydrogens is 387 g/mol. The van der Waals surface area contributed by atoms with Crippen LogP contribution in [0.4, 0.5) is 10.1 Å². The number of carbonyl (C=O) groups is 1. The SMILES string of the molecule is Cc1ccc(NC(=O)C(C)N(C)CCOc2ccc(F)cc2)c(Br)c1. The van der Waals surface area contributed by atoms with Crippen LogP contribution in [-0.2, 0) is 4.79 Å². The van der Waals surface area contributed by atoms with Gasteiger partial charge in [0, 0.05) is 11.0 Å². The van der Waals surface area contributed by atoms with Crippen LogP contribution in [0.2, 0.25) is 0 Å². The molecule has 0 spiro atoms. The van der Waals surface area contributed by atoms with E-state index in [1.54, 1.807) is 12.1 Å². The second-order valence-electron chi connectivity index (χ2n) is 5.93. The van der Waals surface area contributed by atoms with E-state index in [-0.39, 0.29) is 17.8 Å². The lowest BCUT2D eigenvalue weighted by molar-refractivity contribution is -0.120. The minimum absolute atomic E-state index is 0.0890. The van der Waals surface area contributed by atoms with Gasteiger partial charge in [-0.3, -0.25) is 9.69 Å². The summed E-state index contributed by atoms with van der Waals surface area (Å²) in [6.07, 6.45) is 0. The van der Waals surface area contributed by atoms with Gasteiger partial charge in [-0.25, -0.2) is 4.39 Å². The van der Waals surface area contributed by atoms with E-state index < -0.39 is 0 Å². The maximum Gasteiger partial charge on any atom is 0.241 e. The normalized spacial score (nSPS) is 12.1. The van der Waals surface area contributed by atoms with Gasteiger partial charge in [-0.05, 0) is 78.8 Å². The third kappa shape index (κ3) is 5.83. The molecule has 1 N–H and O–H groups in total. The van der Waals surface area contributed by atoms with Crippen molar-refractivity contribution in [1.82, 2.24) is 4.90 Å². The summed E-state index contributed by atoms with van der Waals surface area (Å²) in [6.45, 7) is 4.82. The van der Waals surface area contributed by atoms with Gasteiger partial charge in [-0.1, -0.05) is 6.07 Å². The van der Waals surface area contributed by atoms with Crippen molar-refractivity contribution in [1.29, 1.82) is 0 Å². The molecule has 2 aromatic rings. The highest BCUT2D eigenvalue weighted by molar-refractivity contribution is 9.10. The lowest BCUT2D eigenvalue weighted by atomic mass is 10.2. The van der Waals surface area contributed by atoms with Crippen molar-refractivity contribution >= 4 is 27.5 Å². The zero-order valence-electron chi connectivity index (χ0n) is 14.6. The number of halogens is 2. The average Bonchev–Trinajstić information content (AvgIpc) is 2.58. The highest BCUT2D eigenvalue weighted by Crippen LogP contribution is 2.23. The number of ether oxygens (including phenoxy) is 1. The summed E-state index contributed by atoms with van der Waals surface area (Å²) in [4.78, 5) is 14.3. The lowest BCUT2D eigenvalue weighted by Crippen LogP contribution is -2.41. The van der Waals surface area contributed by atoms with Crippen LogP contribution >= 0.6 is 15.9 Å². The van der Waals surface area contributed by atoms with Crippen molar-refractivity contribution in [2.45, 2.75) is 19.9 Å². The predicted octanol–water partition coefficient (Wildman–Crippen LogP) is 4.23. The molecule has 2 aromatic carbocycles. The van der Waals surface area contributed by atoms with Gasteiger partial charge in [0.15, 0.2) is 0 Å². The van der Waals surface area contributed by atoms with Crippen LogP contribution in [0.5, 0.6) is 5.75 Å². The first-order valence-corrected chi connectivity index (χ1v) is 8.81. The molecule has 0 aliphatic rings. The number of rotatable bonds is 7. The molecule has 0 aliphatic heterocycles.